The number of esters is 1. The van der Waals surface area contributed by atoms with E-state index in [0.717, 1.165) is 11.3 Å². The number of hydrogen-bond acceptors (Lipinski definition) is 5. The molecule has 3 amide bonds. The van der Waals surface area contributed by atoms with E-state index in [0.29, 0.717) is 38.2 Å². The monoisotopic (exact) mass is 373 g/mol. The van der Waals surface area contributed by atoms with Gasteiger partial charge in [-0.15, -0.1) is 0 Å². The van der Waals surface area contributed by atoms with Gasteiger partial charge >= 0.3 is 5.97 Å². The molecule has 0 saturated carbocycles. The number of methoxy groups -OCH3 is 1. The molecule has 0 spiro atoms. The Bertz CT molecular complexity index is 784. The molecule has 0 bridgehead atoms. The molecule has 27 heavy (non-hydrogen) atoms. The standard InChI is InChI=1S/C19H23N3O5/c1-20-15-4-3-13(11-14(15)12-17(20)24)19(26)22-9-7-21(8-10-22)16(23)5-6-18(25)27-2/h3-4,11H,5-10,12H2,1-2H3. The van der Waals surface area contributed by atoms with E-state index in [1.165, 1.54) is 7.11 Å². The van der Waals surface area contributed by atoms with E-state index < -0.39 is 5.97 Å². The van der Waals surface area contributed by atoms with Crippen LogP contribution in [0.15, 0.2) is 18.2 Å². The van der Waals surface area contributed by atoms with Crippen molar-refractivity contribution in [3.8, 4) is 0 Å². The summed E-state index contributed by atoms with van der Waals surface area (Å²) < 4.78 is 4.54. The highest BCUT2D eigenvalue weighted by Gasteiger charge is 2.28. The zero-order valence-corrected chi connectivity index (χ0v) is 15.6. The molecule has 144 valence electrons. The average molecular weight is 373 g/mol. The molecule has 8 heteroatoms. The molecule has 1 aromatic rings. The molecule has 0 N–H and O–H groups in total. The lowest BCUT2D eigenvalue weighted by molar-refractivity contribution is -0.144. The molecule has 2 aliphatic rings. The molecule has 2 heterocycles. The van der Waals surface area contributed by atoms with Crippen LogP contribution in [0.1, 0.15) is 28.8 Å². The minimum Gasteiger partial charge on any atom is -0.469 e. The van der Waals surface area contributed by atoms with Gasteiger partial charge in [-0.1, -0.05) is 0 Å². The molecule has 0 unspecified atom stereocenters. The quantitative estimate of drug-likeness (QED) is 0.715. The number of nitrogens with zero attached hydrogens (tertiary/aromatic N) is 3. The fourth-order valence-corrected chi connectivity index (χ4v) is 3.41. The van der Waals surface area contributed by atoms with Crippen LogP contribution in [0.4, 0.5) is 5.69 Å². The van der Waals surface area contributed by atoms with Crippen LogP contribution >= 0.6 is 0 Å². The summed E-state index contributed by atoms with van der Waals surface area (Å²) in [6.45, 7) is 1.77. The zero-order chi connectivity index (χ0) is 19.6. The van der Waals surface area contributed by atoms with Crippen molar-refractivity contribution in [3.05, 3.63) is 29.3 Å². The Morgan fingerprint density at radius 1 is 1.04 bits per heavy atom. The first kappa shape index (κ1) is 18.9. The molecule has 0 aliphatic carbocycles. The SMILES string of the molecule is COC(=O)CCC(=O)N1CCN(C(=O)c2ccc3c(c2)CC(=O)N3C)CC1. The minimum absolute atomic E-state index is 0.0219. The number of amides is 3. The molecule has 1 saturated heterocycles. The predicted octanol–water partition coefficient (Wildman–Crippen LogP) is 0.443. The van der Waals surface area contributed by atoms with Crippen molar-refractivity contribution in [2.24, 2.45) is 0 Å². The van der Waals surface area contributed by atoms with Crippen LogP contribution in [0.5, 0.6) is 0 Å². The van der Waals surface area contributed by atoms with Gasteiger partial charge in [-0.05, 0) is 23.8 Å². The van der Waals surface area contributed by atoms with Gasteiger partial charge in [-0.25, -0.2) is 0 Å². The maximum absolute atomic E-state index is 12.8. The number of rotatable bonds is 4. The number of carbonyl (C=O) groups is 4. The number of likely N-dealkylation sites (N-methyl/N-ethyl adjacent to an activating group) is 1. The summed E-state index contributed by atoms with van der Waals surface area (Å²) in [6.07, 6.45) is 0.499. The van der Waals surface area contributed by atoms with Gasteiger partial charge in [0.25, 0.3) is 5.91 Å². The molecule has 0 radical (unpaired) electrons. The normalized spacial score (nSPS) is 16.4. The van der Waals surface area contributed by atoms with Crippen molar-refractivity contribution in [3.63, 3.8) is 0 Å². The number of hydrogen-bond donors (Lipinski definition) is 0. The molecular weight excluding hydrogens is 350 g/mol. The van der Waals surface area contributed by atoms with Gasteiger partial charge in [0.15, 0.2) is 0 Å². The van der Waals surface area contributed by atoms with Crippen LogP contribution in [0.3, 0.4) is 0 Å². The van der Waals surface area contributed by atoms with Gasteiger partial charge in [0.2, 0.25) is 11.8 Å². The van der Waals surface area contributed by atoms with Crippen molar-refractivity contribution >= 4 is 29.4 Å². The van der Waals surface area contributed by atoms with Gasteiger partial charge in [-0.3, -0.25) is 19.2 Å². The van der Waals surface area contributed by atoms with Crippen LogP contribution in [0.2, 0.25) is 0 Å². The summed E-state index contributed by atoms with van der Waals surface area (Å²) in [5.74, 6) is -0.584. The second-order valence-corrected chi connectivity index (χ2v) is 6.72. The third-order valence-corrected chi connectivity index (χ3v) is 5.09. The molecule has 0 aromatic heterocycles. The fourth-order valence-electron chi connectivity index (χ4n) is 3.41. The fraction of sp³-hybridized carbons (Fsp3) is 0.474. The number of anilines is 1. The Balaban J connectivity index is 1.56. The summed E-state index contributed by atoms with van der Waals surface area (Å²) >= 11 is 0. The minimum atomic E-state index is -0.405. The van der Waals surface area contributed by atoms with E-state index in [4.69, 9.17) is 0 Å². The van der Waals surface area contributed by atoms with Crippen molar-refractivity contribution in [2.45, 2.75) is 19.3 Å². The van der Waals surface area contributed by atoms with Gasteiger partial charge in [0.1, 0.15) is 0 Å². The van der Waals surface area contributed by atoms with Crippen LogP contribution in [0.25, 0.3) is 0 Å². The van der Waals surface area contributed by atoms with E-state index in [2.05, 4.69) is 4.74 Å². The van der Waals surface area contributed by atoms with Gasteiger partial charge in [-0.2, -0.15) is 0 Å². The number of benzene rings is 1. The Morgan fingerprint density at radius 3 is 2.37 bits per heavy atom. The average Bonchev–Trinajstić information content (AvgIpc) is 2.98. The summed E-state index contributed by atoms with van der Waals surface area (Å²) in [5.41, 5.74) is 2.27. The highest BCUT2D eigenvalue weighted by molar-refractivity contribution is 6.03. The summed E-state index contributed by atoms with van der Waals surface area (Å²) in [7, 11) is 3.02. The topological polar surface area (TPSA) is 87.2 Å². The maximum Gasteiger partial charge on any atom is 0.306 e. The molecule has 2 aliphatic heterocycles. The second kappa shape index (κ2) is 7.77. The largest absolute Gasteiger partial charge is 0.469 e. The maximum atomic E-state index is 12.8. The van der Waals surface area contributed by atoms with E-state index in [-0.39, 0.29) is 30.6 Å². The van der Waals surface area contributed by atoms with Crippen molar-refractivity contribution in [1.82, 2.24) is 9.80 Å². The predicted molar refractivity (Wildman–Crippen MR) is 97.3 cm³/mol. The Hall–Kier alpha value is -2.90. The van der Waals surface area contributed by atoms with Crippen molar-refractivity contribution < 1.29 is 23.9 Å². The van der Waals surface area contributed by atoms with E-state index in [1.807, 2.05) is 0 Å². The van der Waals surface area contributed by atoms with Crippen molar-refractivity contribution in [1.29, 1.82) is 0 Å². The lowest BCUT2D eigenvalue weighted by atomic mass is 10.1. The molecular formula is C19H23N3O5. The summed E-state index contributed by atoms with van der Waals surface area (Å²) in [4.78, 5) is 52.8. The Kier molecular flexibility index (Phi) is 5.43. The molecule has 3 rings (SSSR count). The summed E-state index contributed by atoms with van der Waals surface area (Å²) in [6, 6.07) is 5.33. The van der Waals surface area contributed by atoms with Gasteiger partial charge in [0, 0.05) is 50.9 Å². The number of fused-ring (bicyclic) bond motifs is 1. The van der Waals surface area contributed by atoms with Crippen LogP contribution in [-0.4, -0.2) is 73.8 Å². The van der Waals surface area contributed by atoms with Crippen LogP contribution < -0.4 is 4.90 Å². The highest BCUT2D eigenvalue weighted by atomic mass is 16.5. The summed E-state index contributed by atoms with van der Waals surface area (Å²) in [5, 5.41) is 0. The number of carbonyl (C=O) groups excluding carboxylic acids is 4. The van der Waals surface area contributed by atoms with E-state index in [1.54, 1.807) is 39.9 Å². The third-order valence-electron chi connectivity index (χ3n) is 5.09. The van der Waals surface area contributed by atoms with E-state index >= 15 is 0 Å². The molecule has 0 atom stereocenters. The second-order valence-electron chi connectivity index (χ2n) is 6.72. The number of piperazine rings is 1. The lowest BCUT2D eigenvalue weighted by Crippen LogP contribution is -2.50. The van der Waals surface area contributed by atoms with Crippen molar-refractivity contribution in [2.75, 3.05) is 45.2 Å². The Morgan fingerprint density at radius 2 is 1.70 bits per heavy atom. The first-order valence-corrected chi connectivity index (χ1v) is 8.94. The van der Waals surface area contributed by atoms with E-state index in [9.17, 15) is 19.2 Å². The number of ether oxygens (including phenoxy) is 1. The first-order valence-electron chi connectivity index (χ1n) is 8.94. The molecule has 8 nitrogen and oxygen atoms in total. The smallest absolute Gasteiger partial charge is 0.306 e. The molecule has 1 aromatic carbocycles. The van der Waals surface area contributed by atoms with Crippen LogP contribution in [-0.2, 0) is 25.5 Å². The lowest BCUT2D eigenvalue weighted by Gasteiger charge is -2.35. The molecule has 1 fully saturated rings. The first-order chi connectivity index (χ1) is 12.9. The van der Waals surface area contributed by atoms with Gasteiger partial charge in [0.05, 0.1) is 20.0 Å². The van der Waals surface area contributed by atoms with Crippen LogP contribution in [0, 0.1) is 0 Å². The van der Waals surface area contributed by atoms with Gasteiger partial charge < -0.3 is 19.4 Å². The highest BCUT2D eigenvalue weighted by Crippen LogP contribution is 2.28. The zero-order valence-electron chi connectivity index (χ0n) is 15.6. The Labute approximate surface area is 157 Å². The third kappa shape index (κ3) is 3.94.